The Hall–Kier alpha value is -2.97. The molecule has 0 aliphatic carbocycles. The van der Waals surface area contributed by atoms with Gasteiger partial charge in [0, 0.05) is 54.8 Å². The minimum atomic E-state index is -0.0938. The van der Waals surface area contributed by atoms with Crippen LogP contribution in [0.15, 0.2) is 60.0 Å². The van der Waals surface area contributed by atoms with E-state index in [1.807, 2.05) is 36.4 Å². The van der Waals surface area contributed by atoms with Crippen LogP contribution >= 0.6 is 11.8 Å². The number of carbonyl (C=O) groups is 1. The average Bonchev–Trinajstić information content (AvgIpc) is 2.90. The van der Waals surface area contributed by atoms with Crippen LogP contribution in [0.3, 0.4) is 0 Å². The van der Waals surface area contributed by atoms with Crippen LogP contribution in [-0.4, -0.2) is 59.0 Å². The van der Waals surface area contributed by atoms with Crippen LogP contribution in [0.2, 0.25) is 0 Å². The van der Waals surface area contributed by atoms with Gasteiger partial charge in [0.15, 0.2) is 5.16 Å². The molecule has 2 aromatic heterocycles. The standard InChI is InChI=1S/C29H38N6OS/c1-29(2,3)25-17-26(35(5)24-11-14-34(4)15-12-24)33-28(32-25)37-20-21-8-6-10-23(16-21)27(36)31-19-22-9-7-13-30-18-22/h6-10,13,16-18,24H,11-12,14-15,19-20H2,1-5H3,(H,31,36). The van der Waals surface area contributed by atoms with Crippen LogP contribution in [0.1, 0.15) is 60.8 Å². The fourth-order valence-corrected chi connectivity index (χ4v) is 5.15. The van der Waals surface area contributed by atoms with E-state index in [-0.39, 0.29) is 11.3 Å². The molecule has 1 aliphatic heterocycles. The smallest absolute Gasteiger partial charge is 0.251 e. The number of anilines is 1. The number of aromatic nitrogens is 3. The number of nitrogens with one attached hydrogen (secondary N) is 1. The summed E-state index contributed by atoms with van der Waals surface area (Å²) in [6.07, 6.45) is 5.76. The van der Waals surface area contributed by atoms with Gasteiger partial charge in [0.1, 0.15) is 5.82 Å². The molecule has 196 valence electrons. The van der Waals surface area contributed by atoms with Crippen LogP contribution in [0, 0.1) is 0 Å². The zero-order valence-corrected chi connectivity index (χ0v) is 23.4. The molecule has 4 rings (SSSR count). The molecule has 8 heteroatoms. The molecular weight excluding hydrogens is 480 g/mol. The number of hydrogen-bond donors (Lipinski definition) is 1. The quantitative estimate of drug-likeness (QED) is 0.335. The first-order valence-corrected chi connectivity index (χ1v) is 13.9. The monoisotopic (exact) mass is 518 g/mol. The zero-order valence-electron chi connectivity index (χ0n) is 22.6. The molecule has 3 aromatic rings. The van der Waals surface area contributed by atoms with Crippen LogP contribution < -0.4 is 10.2 Å². The first-order chi connectivity index (χ1) is 17.7. The van der Waals surface area contributed by atoms with Crippen LogP contribution in [0.5, 0.6) is 0 Å². The van der Waals surface area contributed by atoms with Crippen molar-refractivity contribution < 1.29 is 4.79 Å². The molecular formula is C29H38N6OS. The third-order valence-electron chi connectivity index (χ3n) is 6.79. The van der Waals surface area contributed by atoms with E-state index >= 15 is 0 Å². The number of thioether (sulfide) groups is 1. The zero-order chi connectivity index (χ0) is 26.4. The van der Waals surface area contributed by atoms with Crippen molar-refractivity contribution in [3.63, 3.8) is 0 Å². The van der Waals surface area contributed by atoms with Gasteiger partial charge in [-0.3, -0.25) is 9.78 Å². The van der Waals surface area contributed by atoms with Gasteiger partial charge < -0.3 is 15.1 Å². The van der Waals surface area contributed by atoms with Crippen molar-refractivity contribution in [1.29, 1.82) is 0 Å². The maximum atomic E-state index is 12.7. The Bertz CT molecular complexity index is 1190. The van der Waals surface area contributed by atoms with E-state index in [1.54, 1.807) is 24.2 Å². The molecule has 1 fully saturated rings. The number of pyridine rings is 1. The van der Waals surface area contributed by atoms with Crippen molar-refractivity contribution in [2.75, 3.05) is 32.1 Å². The lowest BCUT2D eigenvalue weighted by Crippen LogP contribution is -2.42. The molecule has 37 heavy (non-hydrogen) atoms. The Balaban J connectivity index is 1.45. The van der Waals surface area contributed by atoms with Gasteiger partial charge in [-0.25, -0.2) is 9.97 Å². The summed E-state index contributed by atoms with van der Waals surface area (Å²) in [6.45, 7) is 9.25. The third kappa shape index (κ3) is 7.52. The topological polar surface area (TPSA) is 74.2 Å². The molecule has 0 saturated carbocycles. The van der Waals surface area contributed by atoms with E-state index < -0.39 is 0 Å². The molecule has 0 radical (unpaired) electrons. The Morgan fingerprint density at radius 1 is 1.11 bits per heavy atom. The van der Waals surface area contributed by atoms with Gasteiger partial charge in [-0.15, -0.1) is 0 Å². The fraction of sp³-hybridized carbons (Fsp3) is 0.448. The van der Waals surface area contributed by atoms with Gasteiger partial charge in [0.2, 0.25) is 0 Å². The lowest BCUT2D eigenvalue weighted by atomic mass is 9.92. The molecule has 1 aromatic carbocycles. The molecule has 7 nitrogen and oxygen atoms in total. The van der Waals surface area contributed by atoms with Gasteiger partial charge >= 0.3 is 0 Å². The number of amides is 1. The van der Waals surface area contributed by atoms with Crippen LogP contribution in [0.25, 0.3) is 0 Å². The first-order valence-electron chi connectivity index (χ1n) is 12.9. The van der Waals surface area contributed by atoms with Crippen LogP contribution in [0.4, 0.5) is 5.82 Å². The number of carbonyl (C=O) groups excluding carboxylic acids is 1. The van der Waals surface area contributed by atoms with Crippen molar-refractivity contribution in [2.24, 2.45) is 0 Å². The minimum Gasteiger partial charge on any atom is -0.356 e. The summed E-state index contributed by atoms with van der Waals surface area (Å²) >= 11 is 1.62. The van der Waals surface area contributed by atoms with E-state index in [9.17, 15) is 4.79 Å². The SMILES string of the molecule is CN1CCC(N(C)c2cc(C(C)(C)C)nc(SCc3cccc(C(=O)NCc4cccnc4)c3)n2)CC1. The van der Waals surface area contributed by atoms with Crippen LogP contribution in [-0.2, 0) is 17.7 Å². The van der Waals surface area contributed by atoms with E-state index in [2.05, 4.69) is 61.0 Å². The van der Waals surface area contributed by atoms with E-state index in [4.69, 9.17) is 9.97 Å². The highest BCUT2D eigenvalue weighted by Gasteiger charge is 2.24. The number of benzene rings is 1. The second-order valence-corrected chi connectivity index (χ2v) is 11.8. The number of nitrogens with zero attached hydrogens (tertiary/aromatic N) is 5. The highest BCUT2D eigenvalue weighted by atomic mass is 32.2. The lowest BCUT2D eigenvalue weighted by molar-refractivity contribution is 0.0951. The third-order valence-corrected chi connectivity index (χ3v) is 7.71. The molecule has 1 N–H and O–H groups in total. The molecule has 1 aliphatic rings. The minimum absolute atomic E-state index is 0.0765. The van der Waals surface area contributed by atoms with Gasteiger partial charge in [-0.1, -0.05) is 50.7 Å². The van der Waals surface area contributed by atoms with E-state index in [0.29, 0.717) is 23.9 Å². The summed E-state index contributed by atoms with van der Waals surface area (Å²) in [5, 5.41) is 3.75. The summed E-state index contributed by atoms with van der Waals surface area (Å²) in [5.74, 6) is 1.58. The molecule has 0 spiro atoms. The highest BCUT2D eigenvalue weighted by molar-refractivity contribution is 7.98. The van der Waals surface area contributed by atoms with Crippen molar-refractivity contribution in [1.82, 2.24) is 25.2 Å². The molecule has 3 heterocycles. The average molecular weight is 519 g/mol. The van der Waals surface area contributed by atoms with E-state index in [0.717, 1.165) is 53.7 Å². The Morgan fingerprint density at radius 2 is 1.86 bits per heavy atom. The molecule has 0 unspecified atom stereocenters. The van der Waals surface area contributed by atoms with Gasteiger partial charge in [0.25, 0.3) is 5.91 Å². The van der Waals surface area contributed by atoms with Crippen molar-refractivity contribution in [2.45, 2.75) is 62.5 Å². The summed E-state index contributed by atoms with van der Waals surface area (Å²) < 4.78 is 0. The van der Waals surface area contributed by atoms with Crippen molar-refractivity contribution in [3.8, 4) is 0 Å². The Kier molecular flexibility index (Phi) is 8.82. The molecule has 1 saturated heterocycles. The molecule has 1 amide bonds. The largest absolute Gasteiger partial charge is 0.356 e. The van der Waals surface area contributed by atoms with E-state index in [1.165, 1.54) is 0 Å². The van der Waals surface area contributed by atoms with Crippen molar-refractivity contribution >= 4 is 23.5 Å². The number of likely N-dealkylation sites (tertiary alicyclic amines) is 1. The predicted molar refractivity (Wildman–Crippen MR) is 151 cm³/mol. The van der Waals surface area contributed by atoms with Gasteiger partial charge in [0.05, 0.1) is 5.69 Å². The number of hydrogen-bond acceptors (Lipinski definition) is 7. The molecule has 0 atom stereocenters. The van der Waals surface area contributed by atoms with Gasteiger partial charge in [-0.05, 0) is 62.3 Å². The number of rotatable bonds is 8. The fourth-order valence-electron chi connectivity index (χ4n) is 4.35. The van der Waals surface area contributed by atoms with Crippen molar-refractivity contribution in [3.05, 3.63) is 77.2 Å². The maximum absolute atomic E-state index is 12.7. The Labute approximate surface area is 225 Å². The first kappa shape index (κ1) is 27.1. The molecule has 0 bridgehead atoms. The maximum Gasteiger partial charge on any atom is 0.251 e. The summed E-state index contributed by atoms with van der Waals surface area (Å²) in [6, 6.07) is 14.2. The van der Waals surface area contributed by atoms with Gasteiger partial charge in [-0.2, -0.15) is 0 Å². The highest BCUT2D eigenvalue weighted by Crippen LogP contribution is 2.30. The Morgan fingerprint density at radius 3 is 2.57 bits per heavy atom. The lowest BCUT2D eigenvalue weighted by Gasteiger charge is -2.36. The predicted octanol–water partition coefficient (Wildman–Crippen LogP) is 4.92. The summed E-state index contributed by atoms with van der Waals surface area (Å²) in [4.78, 5) is 31.4. The summed E-state index contributed by atoms with van der Waals surface area (Å²) in [5.41, 5.74) is 3.65. The normalized spacial score (nSPS) is 14.9. The second kappa shape index (κ2) is 12.0. The summed E-state index contributed by atoms with van der Waals surface area (Å²) in [7, 11) is 4.35. The second-order valence-electron chi connectivity index (χ2n) is 10.8. The number of piperidine rings is 1.